The van der Waals surface area contributed by atoms with Crippen LogP contribution in [-0.4, -0.2) is 44.0 Å². The van der Waals surface area contributed by atoms with Crippen LogP contribution < -0.4 is 10.0 Å². The van der Waals surface area contributed by atoms with E-state index in [0.717, 1.165) is 45.6 Å². The number of hydrogen-bond acceptors (Lipinski definition) is 7. The fourth-order valence-corrected chi connectivity index (χ4v) is 5.76. The Morgan fingerprint density at radius 1 is 0.971 bits per heavy atom. The molecule has 0 aliphatic carbocycles. The number of primary sulfonamides is 1. The number of sulfonamides is 2. The van der Waals surface area contributed by atoms with Gasteiger partial charge in [0.1, 0.15) is 11.9 Å². The maximum atomic E-state index is 13.5. The van der Waals surface area contributed by atoms with E-state index in [1.54, 1.807) is 12.1 Å². The monoisotopic (exact) mass is 518 g/mol. The number of anilines is 1. The van der Waals surface area contributed by atoms with Crippen LogP contribution in [0.4, 0.5) is 10.1 Å². The Kier molecular flexibility index (Phi) is 6.51. The van der Waals surface area contributed by atoms with Crippen LogP contribution >= 0.6 is 0 Å². The molecule has 1 aromatic heterocycles. The van der Waals surface area contributed by atoms with E-state index in [1.165, 1.54) is 24.5 Å². The van der Waals surface area contributed by atoms with E-state index in [1.807, 2.05) is 0 Å². The summed E-state index contributed by atoms with van der Waals surface area (Å²) in [6, 6.07) is 10.7. The minimum atomic E-state index is -4.34. The van der Waals surface area contributed by atoms with Gasteiger partial charge in [-0.15, -0.1) is 0 Å². The largest absolute Gasteiger partial charge is 0.274 e. The molecule has 1 unspecified atom stereocenters. The lowest BCUT2D eigenvalue weighted by atomic mass is 10.2. The van der Waals surface area contributed by atoms with E-state index < -0.39 is 50.1 Å². The van der Waals surface area contributed by atoms with Gasteiger partial charge < -0.3 is 0 Å². The van der Waals surface area contributed by atoms with Crippen LogP contribution in [0.5, 0.6) is 0 Å². The second-order valence-corrected chi connectivity index (χ2v) is 11.1. The SMILES string of the molecule is NS(=O)(=O)c1ccc(N2C(=O)CC(N(Cc3cccnc3)S(=O)(=O)c3ccc(F)cc3)C2=O)cc1. The summed E-state index contributed by atoms with van der Waals surface area (Å²) in [6.45, 7) is -0.268. The van der Waals surface area contributed by atoms with Crippen LogP contribution in [0.1, 0.15) is 12.0 Å². The number of rotatable bonds is 7. The molecule has 1 atom stereocenters. The standard InChI is InChI=1S/C22H19FN4O6S2/c23-16-3-7-19(8-4-16)35(32,33)26(14-15-2-1-11-25-13-15)20-12-21(28)27(22(20)29)17-5-9-18(10-6-17)34(24,30)31/h1-11,13,20H,12,14H2,(H2,24,30,31). The normalized spacial score (nSPS) is 16.8. The van der Waals surface area contributed by atoms with Crippen molar-refractivity contribution in [3.8, 4) is 0 Å². The first-order chi connectivity index (χ1) is 16.5. The van der Waals surface area contributed by atoms with E-state index in [0.29, 0.717) is 5.56 Å². The summed E-state index contributed by atoms with van der Waals surface area (Å²) in [6.07, 6.45) is 2.48. The Hall–Kier alpha value is -3.52. The first kappa shape index (κ1) is 24.6. The predicted molar refractivity (Wildman–Crippen MR) is 122 cm³/mol. The molecule has 2 heterocycles. The zero-order chi connectivity index (χ0) is 25.4. The molecule has 2 N–H and O–H groups in total. The molecule has 2 amide bonds. The Morgan fingerprint density at radius 3 is 2.17 bits per heavy atom. The number of pyridine rings is 1. The summed E-state index contributed by atoms with van der Waals surface area (Å²) < 4.78 is 64.3. The van der Waals surface area contributed by atoms with Crippen LogP contribution in [0.25, 0.3) is 0 Å². The molecule has 0 radical (unpaired) electrons. The highest BCUT2D eigenvalue weighted by molar-refractivity contribution is 7.89. The van der Waals surface area contributed by atoms with Crippen LogP contribution in [0, 0.1) is 5.82 Å². The minimum absolute atomic E-state index is 0.0652. The van der Waals surface area contributed by atoms with Gasteiger partial charge in [-0.1, -0.05) is 6.07 Å². The van der Waals surface area contributed by atoms with Crippen molar-refractivity contribution < 1.29 is 30.8 Å². The third-order valence-corrected chi connectivity index (χ3v) is 8.17. The lowest BCUT2D eigenvalue weighted by Gasteiger charge is -2.27. The number of imide groups is 1. The Balaban J connectivity index is 1.73. The van der Waals surface area contributed by atoms with Crippen molar-refractivity contribution in [2.45, 2.75) is 28.8 Å². The molecule has 0 bridgehead atoms. The number of amides is 2. The molecule has 2 aromatic carbocycles. The molecule has 0 saturated carbocycles. The number of carbonyl (C=O) groups excluding carboxylic acids is 2. The van der Waals surface area contributed by atoms with Crippen molar-refractivity contribution in [3.05, 3.63) is 84.4 Å². The van der Waals surface area contributed by atoms with Crippen molar-refractivity contribution in [3.63, 3.8) is 0 Å². The average Bonchev–Trinajstić information content (AvgIpc) is 3.11. The predicted octanol–water partition coefficient (Wildman–Crippen LogP) is 1.39. The van der Waals surface area contributed by atoms with Crippen molar-refractivity contribution in [1.82, 2.24) is 9.29 Å². The molecule has 4 rings (SSSR count). The molecule has 0 spiro atoms. The van der Waals surface area contributed by atoms with Gasteiger partial charge in [-0.3, -0.25) is 14.6 Å². The number of hydrogen-bond donors (Lipinski definition) is 1. The molecule has 10 nitrogen and oxygen atoms in total. The molecule has 182 valence electrons. The Morgan fingerprint density at radius 2 is 1.60 bits per heavy atom. The molecular formula is C22H19FN4O6S2. The maximum Gasteiger partial charge on any atom is 0.252 e. The third-order valence-electron chi connectivity index (χ3n) is 5.38. The molecule has 3 aromatic rings. The van der Waals surface area contributed by atoms with E-state index in [2.05, 4.69) is 4.98 Å². The molecule has 1 aliphatic heterocycles. The lowest BCUT2D eigenvalue weighted by molar-refractivity contribution is -0.122. The van der Waals surface area contributed by atoms with Crippen LogP contribution in [0.3, 0.4) is 0 Å². The molecule has 1 fully saturated rings. The van der Waals surface area contributed by atoms with Gasteiger partial charge in [-0.25, -0.2) is 31.3 Å². The van der Waals surface area contributed by atoms with E-state index in [9.17, 15) is 30.8 Å². The van der Waals surface area contributed by atoms with Crippen molar-refractivity contribution in [2.75, 3.05) is 4.90 Å². The van der Waals surface area contributed by atoms with Gasteiger partial charge in [0.15, 0.2) is 0 Å². The highest BCUT2D eigenvalue weighted by Gasteiger charge is 2.47. The van der Waals surface area contributed by atoms with Crippen molar-refractivity contribution >= 4 is 37.5 Å². The summed E-state index contributed by atoms with van der Waals surface area (Å²) in [4.78, 5) is 30.5. The zero-order valence-corrected chi connectivity index (χ0v) is 19.6. The summed E-state index contributed by atoms with van der Waals surface area (Å²) in [7, 11) is -8.33. The fraction of sp³-hybridized carbons (Fsp3) is 0.136. The minimum Gasteiger partial charge on any atom is -0.274 e. The summed E-state index contributed by atoms with van der Waals surface area (Å²) >= 11 is 0. The second-order valence-electron chi connectivity index (χ2n) is 7.69. The van der Waals surface area contributed by atoms with Gasteiger partial charge in [-0.2, -0.15) is 4.31 Å². The van der Waals surface area contributed by atoms with Gasteiger partial charge in [0.2, 0.25) is 26.0 Å². The van der Waals surface area contributed by atoms with Gasteiger partial charge in [0.25, 0.3) is 5.91 Å². The number of nitrogens with zero attached hydrogens (tertiary/aromatic N) is 3. The lowest BCUT2D eigenvalue weighted by Crippen LogP contribution is -2.45. The fourth-order valence-electron chi connectivity index (χ4n) is 3.67. The first-order valence-electron chi connectivity index (χ1n) is 10.1. The quantitative estimate of drug-likeness (QED) is 0.465. The van der Waals surface area contributed by atoms with Crippen molar-refractivity contribution in [1.29, 1.82) is 0 Å². The Labute approximate surface area is 200 Å². The zero-order valence-electron chi connectivity index (χ0n) is 18.0. The van der Waals surface area contributed by atoms with Gasteiger partial charge >= 0.3 is 0 Å². The number of carbonyl (C=O) groups is 2. The Bertz CT molecular complexity index is 1480. The van der Waals surface area contributed by atoms with E-state index >= 15 is 0 Å². The topological polar surface area (TPSA) is 148 Å². The third kappa shape index (κ3) is 4.98. The summed E-state index contributed by atoms with van der Waals surface area (Å²) in [5.41, 5.74) is 0.532. The van der Waals surface area contributed by atoms with Crippen LogP contribution in [-0.2, 0) is 36.2 Å². The number of halogens is 1. The van der Waals surface area contributed by atoms with Crippen molar-refractivity contribution in [2.24, 2.45) is 5.14 Å². The van der Waals surface area contributed by atoms with Gasteiger partial charge in [-0.05, 0) is 60.2 Å². The highest BCUT2D eigenvalue weighted by Crippen LogP contribution is 2.31. The number of nitrogens with two attached hydrogens (primary N) is 1. The molecule has 35 heavy (non-hydrogen) atoms. The summed E-state index contributed by atoms with van der Waals surface area (Å²) in [5.74, 6) is -2.12. The smallest absolute Gasteiger partial charge is 0.252 e. The van der Waals surface area contributed by atoms with Crippen LogP contribution in [0.15, 0.2) is 82.8 Å². The van der Waals surface area contributed by atoms with Gasteiger partial charge in [0.05, 0.1) is 21.9 Å². The van der Waals surface area contributed by atoms with Crippen LogP contribution in [0.2, 0.25) is 0 Å². The maximum absolute atomic E-state index is 13.5. The molecule has 13 heteroatoms. The average molecular weight is 519 g/mol. The second kappa shape index (κ2) is 9.26. The highest BCUT2D eigenvalue weighted by atomic mass is 32.2. The number of aromatic nitrogens is 1. The number of benzene rings is 2. The van der Waals surface area contributed by atoms with Gasteiger partial charge in [0, 0.05) is 18.9 Å². The summed E-state index contributed by atoms with van der Waals surface area (Å²) in [5, 5.41) is 5.09. The first-order valence-corrected chi connectivity index (χ1v) is 13.1. The molecule has 1 aliphatic rings. The molecular weight excluding hydrogens is 499 g/mol. The van der Waals surface area contributed by atoms with E-state index in [4.69, 9.17) is 5.14 Å². The molecule has 1 saturated heterocycles. The van der Waals surface area contributed by atoms with E-state index in [-0.39, 0.29) is 22.0 Å².